The molecule has 0 aromatic rings. The van der Waals surface area contributed by atoms with E-state index in [1.165, 1.54) is 0 Å². The van der Waals surface area contributed by atoms with Crippen molar-refractivity contribution in [1.82, 2.24) is 0 Å². The van der Waals surface area contributed by atoms with Crippen LogP contribution in [-0.2, 0) is 9.59 Å². The van der Waals surface area contributed by atoms with Crippen LogP contribution < -0.4 is 0 Å². The average Bonchev–Trinajstić information content (AvgIpc) is 1.85. The molecular formula is C5H8O5. The smallest absolute Gasteiger partial charge is 0.306 e. The highest BCUT2D eigenvalue weighted by atomic mass is 16.4. The van der Waals surface area contributed by atoms with E-state index in [0.29, 0.717) is 0 Å². The van der Waals surface area contributed by atoms with Crippen LogP contribution in [-0.4, -0.2) is 39.8 Å². The van der Waals surface area contributed by atoms with Gasteiger partial charge in [0.05, 0.1) is 6.42 Å². The first-order valence-electron chi connectivity index (χ1n) is 2.61. The molecule has 58 valence electrons. The number of carbonyl (C=O) groups excluding carboxylic acids is 1. The van der Waals surface area contributed by atoms with Crippen LogP contribution in [0.2, 0.25) is 0 Å². The first-order valence-corrected chi connectivity index (χ1v) is 2.61. The summed E-state index contributed by atoms with van der Waals surface area (Å²) >= 11 is 0. The van der Waals surface area contributed by atoms with Crippen molar-refractivity contribution in [2.45, 2.75) is 12.5 Å². The van der Waals surface area contributed by atoms with Crippen molar-refractivity contribution >= 4 is 11.8 Å². The number of aliphatic hydroxyl groups excluding tert-OH is 2. The summed E-state index contributed by atoms with van der Waals surface area (Å²) in [6.45, 7) is -0.825. The van der Waals surface area contributed by atoms with Crippen molar-refractivity contribution < 1.29 is 24.9 Å². The third-order valence-corrected chi connectivity index (χ3v) is 0.895. The molecule has 0 bridgehead atoms. The molecule has 0 rings (SSSR count). The number of hydrogen-bond acceptors (Lipinski definition) is 4. The summed E-state index contributed by atoms with van der Waals surface area (Å²) in [5.41, 5.74) is 0. The zero-order valence-electron chi connectivity index (χ0n) is 5.15. The van der Waals surface area contributed by atoms with Crippen molar-refractivity contribution in [2.24, 2.45) is 0 Å². The largest absolute Gasteiger partial charge is 0.481 e. The minimum atomic E-state index is -1.58. The molecule has 0 aliphatic carbocycles. The Labute approximate surface area is 56.9 Å². The van der Waals surface area contributed by atoms with E-state index in [-0.39, 0.29) is 0 Å². The van der Waals surface area contributed by atoms with E-state index in [4.69, 9.17) is 15.3 Å². The van der Waals surface area contributed by atoms with Gasteiger partial charge in [-0.05, 0) is 0 Å². The first-order chi connectivity index (χ1) is 4.57. The van der Waals surface area contributed by atoms with Crippen LogP contribution >= 0.6 is 0 Å². The maximum atomic E-state index is 10.3. The third-order valence-electron chi connectivity index (χ3n) is 0.895. The molecular weight excluding hydrogens is 140 g/mol. The predicted molar refractivity (Wildman–Crippen MR) is 30.4 cm³/mol. The number of carboxylic acid groups (broad SMARTS) is 1. The van der Waals surface area contributed by atoms with Crippen LogP contribution in [0.4, 0.5) is 0 Å². The maximum Gasteiger partial charge on any atom is 0.306 e. The quantitative estimate of drug-likeness (QED) is 0.445. The number of carbonyl (C=O) groups is 2. The summed E-state index contributed by atoms with van der Waals surface area (Å²) in [5.74, 6) is -2.14. The molecule has 5 heteroatoms. The van der Waals surface area contributed by atoms with E-state index in [0.717, 1.165) is 0 Å². The number of aliphatic carboxylic acids is 1. The minimum Gasteiger partial charge on any atom is -0.481 e. The minimum absolute atomic E-state index is 0.653. The van der Waals surface area contributed by atoms with Gasteiger partial charge in [0.2, 0.25) is 0 Å². The number of aliphatic hydroxyl groups is 2. The van der Waals surface area contributed by atoms with E-state index in [1.54, 1.807) is 0 Å². The Bertz CT molecular complexity index is 141. The molecule has 0 unspecified atom stereocenters. The second kappa shape index (κ2) is 3.97. The number of rotatable bonds is 4. The molecule has 0 aliphatic heterocycles. The molecule has 0 radical (unpaired) electrons. The Kier molecular flexibility index (Phi) is 3.60. The Balaban J connectivity index is 3.72. The fourth-order valence-corrected chi connectivity index (χ4v) is 0.385. The van der Waals surface area contributed by atoms with E-state index < -0.39 is 30.9 Å². The maximum absolute atomic E-state index is 10.3. The van der Waals surface area contributed by atoms with Crippen molar-refractivity contribution in [3.63, 3.8) is 0 Å². The van der Waals surface area contributed by atoms with Gasteiger partial charge in [-0.2, -0.15) is 0 Å². The highest BCUT2D eigenvalue weighted by Crippen LogP contribution is 1.91. The molecule has 0 aliphatic rings. The molecule has 10 heavy (non-hydrogen) atoms. The monoisotopic (exact) mass is 148 g/mol. The molecule has 0 saturated carbocycles. The molecule has 0 saturated heterocycles. The zero-order chi connectivity index (χ0) is 8.15. The molecule has 5 nitrogen and oxygen atoms in total. The average molecular weight is 148 g/mol. The van der Waals surface area contributed by atoms with Gasteiger partial charge in [0, 0.05) is 0 Å². The van der Waals surface area contributed by atoms with Gasteiger partial charge in [0.15, 0.2) is 5.78 Å². The molecule has 0 heterocycles. The van der Waals surface area contributed by atoms with E-state index >= 15 is 0 Å². The number of ketones is 1. The van der Waals surface area contributed by atoms with Crippen LogP contribution in [0.15, 0.2) is 0 Å². The molecule has 0 fully saturated rings. The lowest BCUT2D eigenvalue weighted by molar-refractivity contribution is -0.143. The molecule has 1 atom stereocenters. The summed E-state index contributed by atoms with van der Waals surface area (Å²) in [5, 5.41) is 24.7. The van der Waals surface area contributed by atoms with Gasteiger partial charge in [-0.25, -0.2) is 0 Å². The van der Waals surface area contributed by atoms with Crippen LogP contribution in [0.5, 0.6) is 0 Å². The molecule has 0 spiro atoms. The van der Waals surface area contributed by atoms with E-state index in [9.17, 15) is 9.59 Å². The van der Waals surface area contributed by atoms with Gasteiger partial charge in [0.25, 0.3) is 0 Å². The summed E-state index contributed by atoms with van der Waals surface area (Å²) < 4.78 is 0. The lowest BCUT2D eigenvalue weighted by Gasteiger charge is -2.02. The molecule has 0 aromatic carbocycles. The molecule has 3 N–H and O–H groups in total. The van der Waals surface area contributed by atoms with Gasteiger partial charge in [0.1, 0.15) is 12.7 Å². The Morgan fingerprint density at radius 3 is 2.20 bits per heavy atom. The van der Waals surface area contributed by atoms with Crippen molar-refractivity contribution in [3.05, 3.63) is 0 Å². The van der Waals surface area contributed by atoms with Crippen molar-refractivity contribution in [2.75, 3.05) is 6.61 Å². The highest BCUT2D eigenvalue weighted by molar-refractivity contribution is 5.87. The number of hydrogen-bond donors (Lipinski definition) is 3. The van der Waals surface area contributed by atoms with Gasteiger partial charge in [-0.1, -0.05) is 0 Å². The standard InChI is InChI=1S/C5H8O5/c6-2-4(8)3(7)1-5(9)10/h3,6-7H,1-2H2,(H,9,10)/t3-/m0/s1. The van der Waals surface area contributed by atoms with Gasteiger partial charge >= 0.3 is 5.97 Å². The first kappa shape index (κ1) is 9.06. The second-order valence-electron chi connectivity index (χ2n) is 1.74. The SMILES string of the molecule is O=C(O)C[C@H](O)C(=O)CO. The molecule has 0 amide bonds. The number of Topliss-reactive ketones (excluding diaryl/α,β-unsaturated/α-hetero) is 1. The van der Waals surface area contributed by atoms with E-state index in [2.05, 4.69) is 0 Å². The highest BCUT2D eigenvalue weighted by Gasteiger charge is 2.16. The van der Waals surface area contributed by atoms with Crippen LogP contribution in [0, 0.1) is 0 Å². The van der Waals surface area contributed by atoms with Crippen molar-refractivity contribution in [1.29, 1.82) is 0 Å². The Hall–Kier alpha value is -0.940. The fourth-order valence-electron chi connectivity index (χ4n) is 0.385. The summed E-state index contributed by atoms with van der Waals surface area (Å²) in [4.78, 5) is 20.1. The van der Waals surface area contributed by atoms with Crippen LogP contribution in [0.1, 0.15) is 6.42 Å². The Morgan fingerprint density at radius 2 is 1.90 bits per heavy atom. The normalized spacial score (nSPS) is 12.6. The summed E-state index contributed by atoms with van der Waals surface area (Å²) in [7, 11) is 0. The van der Waals surface area contributed by atoms with Crippen molar-refractivity contribution in [3.8, 4) is 0 Å². The van der Waals surface area contributed by atoms with Crippen LogP contribution in [0.3, 0.4) is 0 Å². The number of carboxylic acids is 1. The fraction of sp³-hybridized carbons (Fsp3) is 0.600. The van der Waals surface area contributed by atoms with Gasteiger partial charge in [-0.15, -0.1) is 0 Å². The van der Waals surface area contributed by atoms with Gasteiger partial charge in [-0.3, -0.25) is 9.59 Å². The summed E-state index contributed by atoms with van der Waals surface area (Å²) in [6.07, 6.45) is -2.23. The van der Waals surface area contributed by atoms with Crippen LogP contribution in [0.25, 0.3) is 0 Å². The topological polar surface area (TPSA) is 94.8 Å². The lowest BCUT2D eigenvalue weighted by atomic mass is 10.2. The predicted octanol–water partition coefficient (Wildman–Crippen LogP) is -1.62. The third kappa shape index (κ3) is 3.16. The zero-order valence-corrected chi connectivity index (χ0v) is 5.15. The van der Waals surface area contributed by atoms with E-state index in [1.807, 2.05) is 0 Å². The summed E-state index contributed by atoms with van der Waals surface area (Å²) in [6, 6.07) is 0. The molecule has 0 aromatic heterocycles. The Morgan fingerprint density at radius 1 is 1.40 bits per heavy atom. The lowest BCUT2D eigenvalue weighted by Crippen LogP contribution is -2.26. The second-order valence-corrected chi connectivity index (χ2v) is 1.74. The van der Waals surface area contributed by atoms with Gasteiger partial charge < -0.3 is 15.3 Å².